The van der Waals surface area contributed by atoms with E-state index in [0.717, 1.165) is 22.3 Å². The number of phenolic OH excluding ortho intramolecular Hbond substituents is 1. The number of carbonyl (C=O) groups excluding carboxylic acids is 1. The molecule has 5 rings (SSSR count). The van der Waals surface area contributed by atoms with Crippen LogP contribution in [-0.2, 0) is 6.54 Å². The number of hydrogen-bond donors (Lipinski definition) is 2. The number of aryl methyl sites for hydroxylation is 2. The maximum Gasteiger partial charge on any atom is 0.273 e. The van der Waals surface area contributed by atoms with E-state index in [9.17, 15) is 9.90 Å². The van der Waals surface area contributed by atoms with E-state index in [2.05, 4.69) is 15.2 Å². The monoisotopic (exact) mass is 470 g/mol. The molecule has 2 aromatic carbocycles. The zero-order valence-corrected chi connectivity index (χ0v) is 20.0. The molecule has 1 unspecified atom stereocenters. The highest BCUT2D eigenvalue weighted by Crippen LogP contribution is 2.47. The van der Waals surface area contributed by atoms with Crippen LogP contribution in [-0.4, -0.2) is 45.3 Å². The highest BCUT2D eigenvalue weighted by Gasteiger charge is 2.43. The number of methoxy groups -OCH3 is 2. The standard InChI is InChI=1S/C27H26N4O4/c1-15-10-16(2)22(19(32)11-15)24-23-25(30-29-24)27(33)31(14-17-6-5-9-28-13-17)26(23)18-7-8-20(34-3)21(12-18)35-4/h5-13,26,32H,14H2,1-4H3,(H,29,30). The van der Waals surface area contributed by atoms with Gasteiger partial charge in [-0.15, -0.1) is 0 Å². The number of aromatic hydroxyl groups is 1. The average Bonchev–Trinajstić information content (AvgIpc) is 3.38. The summed E-state index contributed by atoms with van der Waals surface area (Å²) < 4.78 is 11.0. The van der Waals surface area contributed by atoms with E-state index < -0.39 is 6.04 Å². The maximum absolute atomic E-state index is 13.6. The second-order valence-corrected chi connectivity index (χ2v) is 8.65. The fourth-order valence-electron chi connectivity index (χ4n) is 4.86. The third-order valence-corrected chi connectivity index (χ3v) is 6.36. The molecule has 0 bridgehead atoms. The van der Waals surface area contributed by atoms with Crippen LogP contribution in [0, 0.1) is 13.8 Å². The molecule has 1 amide bonds. The Labute approximate surface area is 203 Å². The molecular weight excluding hydrogens is 444 g/mol. The number of rotatable bonds is 6. The number of nitrogens with zero attached hydrogens (tertiary/aromatic N) is 3. The number of aromatic nitrogens is 3. The highest BCUT2D eigenvalue weighted by atomic mass is 16.5. The molecule has 0 spiro atoms. The predicted molar refractivity (Wildman–Crippen MR) is 131 cm³/mol. The number of fused-ring (bicyclic) bond motifs is 1. The van der Waals surface area contributed by atoms with E-state index in [0.29, 0.717) is 40.6 Å². The van der Waals surface area contributed by atoms with Gasteiger partial charge in [0, 0.05) is 30.1 Å². The Morgan fingerprint density at radius 3 is 2.57 bits per heavy atom. The van der Waals surface area contributed by atoms with Crippen molar-refractivity contribution in [1.29, 1.82) is 0 Å². The minimum Gasteiger partial charge on any atom is -0.507 e. The normalized spacial score (nSPS) is 14.8. The third kappa shape index (κ3) is 3.77. The highest BCUT2D eigenvalue weighted by molar-refractivity contribution is 6.00. The van der Waals surface area contributed by atoms with Crippen molar-refractivity contribution in [3.05, 3.63) is 88.4 Å². The number of pyridine rings is 1. The third-order valence-electron chi connectivity index (χ3n) is 6.36. The molecular formula is C27H26N4O4. The molecule has 1 atom stereocenters. The smallest absolute Gasteiger partial charge is 0.273 e. The van der Waals surface area contributed by atoms with Crippen molar-refractivity contribution in [3.8, 4) is 28.5 Å². The number of H-pyrrole nitrogens is 1. The zero-order valence-electron chi connectivity index (χ0n) is 20.0. The van der Waals surface area contributed by atoms with Crippen molar-refractivity contribution in [2.24, 2.45) is 0 Å². The Balaban J connectivity index is 1.71. The first kappa shape index (κ1) is 22.5. The van der Waals surface area contributed by atoms with Gasteiger partial charge in [-0.1, -0.05) is 18.2 Å². The summed E-state index contributed by atoms with van der Waals surface area (Å²) >= 11 is 0. The maximum atomic E-state index is 13.6. The van der Waals surface area contributed by atoms with E-state index in [-0.39, 0.29) is 11.7 Å². The summed E-state index contributed by atoms with van der Waals surface area (Å²) in [4.78, 5) is 19.6. The van der Waals surface area contributed by atoms with Gasteiger partial charge in [0.15, 0.2) is 11.5 Å². The molecule has 8 nitrogen and oxygen atoms in total. The molecule has 1 aliphatic heterocycles. The molecule has 3 heterocycles. The van der Waals surface area contributed by atoms with E-state index >= 15 is 0 Å². The number of hydrogen-bond acceptors (Lipinski definition) is 6. The Kier molecular flexibility index (Phi) is 5.64. The summed E-state index contributed by atoms with van der Waals surface area (Å²) in [7, 11) is 3.16. The Bertz CT molecular complexity index is 1390. The van der Waals surface area contributed by atoms with Crippen LogP contribution < -0.4 is 9.47 Å². The van der Waals surface area contributed by atoms with Crippen molar-refractivity contribution in [2.75, 3.05) is 14.2 Å². The van der Waals surface area contributed by atoms with Gasteiger partial charge in [0.1, 0.15) is 17.1 Å². The molecule has 0 saturated heterocycles. The number of phenols is 1. The van der Waals surface area contributed by atoms with E-state index in [1.807, 2.05) is 50.2 Å². The van der Waals surface area contributed by atoms with Gasteiger partial charge in [0.2, 0.25) is 0 Å². The predicted octanol–water partition coefficient (Wildman–Crippen LogP) is 4.56. The van der Waals surface area contributed by atoms with Crippen LogP contribution in [0.3, 0.4) is 0 Å². The van der Waals surface area contributed by atoms with Crippen LogP contribution in [0.25, 0.3) is 11.3 Å². The van der Waals surface area contributed by atoms with Gasteiger partial charge in [0.25, 0.3) is 5.91 Å². The molecule has 0 aliphatic carbocycles. The summed E-state index contributed by atoms with van der Waals surface area (Å²) in [6, 6.07) is 12.6. The SMILES string of the molecule is COc1ccc(C2c3c(-c4c(C)cc(C)cc4O)n[nH]c3C(=O)N2Cc2cccnc2)cc1OC. The van der Waals surface area contributed by atoms with Gasteiger partial charge >= 0.3 is 0 Å². The topological polar surface area (TPSA) is 101 Å². The van der Waals surface area contributed by atoms with E-state index in [4.69, 9.17) is 9.47 Å². The number of carbonyl (C=O) groups is 1. The van der Waals surface area contributed by atoms with Crippen LogP contribution in [0.4, 0.5) is 0 Å². The molecule has 1 aliphatic rings. The van der Waals surface area contributed by atoms with Gasteiger partial charge in [-0.2, -0.15) is 5.10 Å². The average molecular weight is 471 g/mol. The lowest BCUT2D eigenvalue weighted by atomic mass is 9.93. The summed E-state index contributed by atoms with van der Waals surface area (Å²) in [5.41, 5.74) is 5.84. The van der Waals surface area contributed by atoms with Gasteiger partial charge < -0.3 is 19.5 Å². The lowest BCUT2D eigenvalue weighted by molar-refractivity contribution is 0.0729. The lowest BCUT2D eigenvalue weighted by Gasteiger charge is -2.27. The molecule has 178 valence electrons. The van der Waals surface area contributed by atoms with Crippen LogP contribution in [0.2, 0.25) is 0 Å². The molecule has 2 N–H and O–H groups in total. The molecule has 0 fully saturated rings. The lowest BCUT2D eigenvalue weighted by Crippen LogP contribution is -2.29. The fraction of sp³-hybridized carbons (Fsp3) is 0.222. The quantitative estimate of drug-likeness (QED) is 0.429. The largest absolute Gasteiger partial charge is 0.507 e. The second-order valence-electron chi connectivity index (χ2n) is 8.65. The first-order valence-corrected chi connectivity index (χ1v) is 11.2. The number of ether oxygens (including phenoxy) is 2. The summed E-state index contributed by atoms with van der Waals surface area (Å²) in [6.07, 6.45) is 3.45. The van der Waals surface area contributed by atoms with E-state index in [1.165, 1.54) is 0 Å². The van der Waals surface area contributed by atoms with Crippen molar-refractivity contribution in [1.82, 2.24) is 20.1 Å². The molecule has 2 aromatic heterocycles. The number of amides is 1. The Morgan fingerprint density at radius 2 is 1.89 bits per heavy atom. The summed E-state index contributed by atoms with van der Waals surface area (Å²) in [5.74, 6) is 1.11. The summed E-state index contributed by atoms with van der Waals surface area (Å²) in [5, 5.41) is 18.3. The minimum atomic E-state index is -0.466. The molecule has 4 aromatic rings. The minimum absolute atomic E-state index is 0.126. The van der Waals surface area contributed by atoms with Crippen LogP contribution in [0.5, 0.6) is 17.2 Å². The number of aromatic amines is 1. The number of benzene rings is 2. The van der Waals surface area contributed by atoms with Crippen LogP contribution >= 0.6 is 0 Å². The molecule has 0 saturated carbocycles. The fourth-order valence-corrected chi connectivity index (χ4v) is 4.86. The van der Waals surface area contributed by atoms with Gasteiger partial charge in [0.05, 0.1) is 20.3 Å². The molecule has 8 heteroatoms. The van der Waals surface area contributed by atoms with E-state index in [1.54, 1.807) is 37.6 Å². The number of nitrogens with one attached hydrogen (secondary N) is 1. The Hall–Kier alpha value is -4.33. The van der Waals surface area contributed by atoms with Crippen LogP contribution in [0.15, 0.2) is 54.9 Å². The molecule has 0 radical (unpaired) electrons. The Morgan fingerprint density at radius 1 is 1.09 bits per heavy atom. The van der Waals surface area contributed by atoms with Gasteiger partial charge in [-0.05, 0) is 60.4 Å². The zero-order chi connectivity index (χ0) is 24.7. The van der Waals surface area contributed by atoms with Crippen molar-refractivity contribution in [3.63, 3.8) is 0 Å². The van der Waals surface area contributed by atoms with Crippen molar-refractivity contribution in [2.45, 2.75) is 26.4 Å². The summed E-state index contributed by atoms with van der Waals surface area (Å²) in [6.45, 7) is 4.21. The first-order valence-electron chi connectivity index (χ1n) is 11.2. The first-order chi connectivity index (χ1) is 16.9. The molecule has 35 heavy (non-hydrogen) atoms. The van der Waals surface area contributed by atoms with Gasteiger partial charge in [-0.3, -0.25) is 14.9 Å². The van der Waals surface area contributed by atoms with Crippen molar-refractivity contribution < 1.29 is 19.4 Å². The second kappa shape index (κ2) is 8.79. The van der Waals surface area contributed by atoms with Gasteiger partial charge in [-0.25, -0.2) is 0 Å². The van der Waals surface area contributed by atoms with Crippen molar-refractivity contribution >= 4 is 5.91 Å². The van der Waals surface area contributed by atoms with Crippen LogP contribution in [0.1, 0.15) is 44.3 Å².